The Balaban J connectivity index is 2.51. The number of carbonyl (C=O) groups is 1. The van der Waals surface area contributed by atoms with E-state index in [9.17, 15) is 14.3 Å². The van der Waals surface area contributed by atoms with Gasteiger partial charge in [-0.1, -0.05) is 18.2 Å². The molecule has 19 heavy (non-hydrogen) atoms. The Kier molecular flexibility index (Phi) is 3.92. The highest BCUT2D eigenvalue weighted by molar-refractivity contribution is 5.94. The second-order valence-corrected chi connectivity index (χ2v) is 4.23. The summed E-state index contributed by atoms with van der Waals surface area (Å²) in [7, 11) is 0. The van der Waals surface area contributed by atoms with Crippen LogP contribution in [0.25, 0.3) is 11.1 Å². The quantitative estimate of drug-likeness (QED) is 0.890. The fourth-order valence-electron chi connectivity index (χ4n) is 1.86. The predicted octanol–water partition coefficient (Wildman–Crippen LogP) is 2.94. The van der Waals surface area contributed by atoms with Crippen LogP contribution in [0.3, 0.4) is 0 Å². The third-order valence-corrected chi connectivity index (χ3v) is 2.73. The van der Waals surface area contributed by atoms with Gasteiger partial charge in [0.1, 0.15) is 5.82 Å². The topological polar surface area (TPSA) is 49.3 Å². The van der Waals surface area contributed by atoms with Gasteiger partial charge < -0.3 is 10.4 Å². The number of nitrogens with one attached hydrogen (secondary N) is 1. The largest absolute Gasteiger partial charge is 0.392 e. The molecule has 2 rings (SSSR count). The fraction of sp³-hybridized carbons (Fsp3) is 0.133. The van der Waals surface area contributed by atoms with Gasteiger partial charge in [-0.3, -0.25) is 4.79 Å². The van der Waals surface area contributed by atoms with Crippen molar-refractivity contribution in [1.29, 1.82) is 0 Å². The van der Waals surface area contributed by atoms with Gasteiger partial charge in [0, 0.05) is 18.2 Å². The van der Waals surface area contributed by atoms with Gasteiger partial charge in [0.05, 0.1) is 6.61 Å². The van der Waals surface area contributed by atoms with E-state index in [1.54, 1.807) is 30.3 Å². The van der Waals surface area contributed by atoms with E-state index in [0.29, 0.717) is 5.69 Å². The van der Waals surface area contributed by atoms with E-state index < -0.39 is 0 Å². The lowest BCUT2D eigenvalue weighted by Gasteiger charge is -2.12. The smallest absolute Gasteiger partial charge is 0.221 e. The van der Waals surface area contributed by atoms with Crippen molar-refractivity contribution in [3.63, 3.8) is 0 Å². The van der Waals surface area contributed by atoms with E-state index in [0.717, 1.165) is 16.7 Å². The van der Waals surface area contributed by atoms with Crippen molar-refractivity contribution in [2.45, 2.75) is 13.5 Å². The highest BCUT2D eigenvalue weighted by atomic mass is 19.1. The molecule has 2 aromatic rings. The van der Waals surface area contributed by atoms with Crippen LogP contribution in [-0.4, -0.2) is 11.0 Å². The second kappa shape index (κ2) is 5.63. The monoisotopic (exact) mass is 259 g/mol. The van der Waals surface area contributed by atoms with Crippen molar-refractivity contribution in [1.82, 2.24) is 0 Å². The molecule has 0 saturated heterocycles. The molecule has 1 amide bonds. The first-order valence-electron chi connectivity index (χ1n) is 5.87. The lowest BCUT2D eigenvalue weighted by Crippen LogP contribution is -2.07. The van der Waals surface area contributed by atoms with Crippen molar-refractivity contribution >= 4 is 11.6 Å². The molecule has 4 heteroatoms. The van der Waals surface area contributed by atoms with Crippen LogP contribution in [0.4, 0.5) is 10.1 Å². The Morgan fingerprint density at radius 3 is 2.47 bits per heavy atom. The molecule has 0 saturated carbocycles. The summed E-state index contributed by atoms with van der Waals surface area (Å²) < 4.78 is 12.9. The number of hydrogen-bond donors (Lipinski definition) is 2. The van der Waals surface area contributed by atoms with Crippen molar-refractivity contribution in [2.75, 3.05) is 5.32 Å². The molecule has 0 radical (unpaired) electrons. The van der Waals surface area contributed by atoms with E-state index in [-0.39, 0.29) is 18.3 Å². The van der Waals surface area contributed by atoms with E-state index in [2.05, 4.69) is 5.32 Å². The molecule has 0 fully saturated rings. The summed E-state index contributed by atoms with van der Waals surface area (Å²) >= 11 is 0. The summed E-state index contributed by atoms with van der Waals surface area (Å²) in [5.74, 6) is -0.497. The maximum Gasteiger partial charge on any atom is 0.221 e. The number of benzene rings is 2. The maximum absolute atomic E-state index is 12.9. The predicted molar refractivity (Wildman–Crippen MR) is 72.1 cm³/mol. The average molecular weight is 259 g/mol. The Hall–Kier alpha value is -2.20. The van der Waals surface area contributed by atoms with Crippen LogP contribution in [0.1, 0.15) is 12.5 Å². The third kappa shape index (κ3) is 3.17. The Morgan fingerprint density at radius 1 is 1.21 bits per heavy atom. The van der Waals surface area contributed by atoms with Gasteiger partial charge >= 0.3 is 0 Å². The second-order valence-electron chi connectivity index (χ2n) is 4.23. The zero-order valence-electron chi connectivity index (χ0n) is 10.5. The number of hydrogen-bond acceptors (Lipinski definition) is 2. The number of halogens is 1. The van der Waals surface area contributed by atoms with Crippen LogP contribution in [0, 0.1) is 5.82 Å². The summed E-state index contributed by atoms with van der Waals surface area (Å²) in [5.41, 5.74) is 2.90. The molecule has 2 N–H and O–H groups in total. The molecular weight excluding hydrogens is 245 g/mol. The zero-order chi connectivity index (χ0) is 13.8. The van der Waals surface area contributed by atoms with Crippen molar-refractivity contribution < 1.29 is 14.3 Å². The Labute approximate surface area is 110 Å². The lowest BCUT2D eigenvalue weighted by molar-refractivity contribution is -0.114. The summed E-state index contributed by atoms with van der Waals surface area (Å²) in [5, 5.41) is 11.9. The molecule has 0 aliphatic carbocycles. The molecule has 0 aliphatic rings. The molecule has 2 aromatic carbocycles. The number of carbonyl (C=O) groups excluding carboxylic acids is 1. The van der Waals surface area contributed by atoms with Crippen LogP contribution in [0.15, 0.2) is 42.5 Å². The van der Waals surface area contributed by atoms with Gasteiger partial charge in [-0.2, -0.15) is 0 Å². The van der Waals surface area contributed by atoms with Crippen LogP contribution < -0.4 is 5.32 Å². The first-order valence-corrected chi connectivity index (χ1v) is 5.87. The molecule has 0 unspecified atom stereocenters. The van der Waals surface area contributed by atoms with Crippen LogP contribution in [0.2, 0.25) is 0 Å². The van der Waals surface area contributed by atoms with Gasteiger partial charge in [0.2, 0.25) is 5.91 Å². The van der Waals surface area contributed by atoms with Crippen LogP contribution >= 0.6 is 0 Å². The molecule has 0 atom stereocenters. The zero-order valence-corrected chi connectivity index (χ0v) is 10.5. The van der Waals surface area contributed by atoms with Crippen LogP contribution in [-0.2, 0) is 11.4 Å². The normalized spacial score (nSPS) is 10.3. The molecule has 3 nitrogen and oxygen atoms in total. The Bertz CT molecular complexity index is 594. The summed E-state index contributed by atoms with van der Waals surface area (Å²) in [6, 6.07) is 11.2. The van der Waals surface area contributed by atoms with Gasteiger partial charge in [-0.05, 0) is 35.4 Å². The highest BCUT2D eigenvalue weighted by Crippen LogP contribution is 2.29. The number of aliphatic hydroxyl groups is 1. The molecule has 0 heterocycles. The molecule has 0 aliphatic heterocycles. The highest BCUT2D eigenvalue weighted by Gasteiger charge is 2.08. The summed E-state index contributed by atoms with van der Waals surface area (Å²) in [4.78, 5) is 11.2. The van der Waals surface area contributed by atoms with Gasteiger partial charge in [-0.15, -0.1) is 0 Å². The summed E-state index contributed by atoms with van der Waals surface area (Å²) in [6.45, 7) is 1.34. The minimum atomic E-state index is -0.317. The van der Waals surface area contributed by atoms with Crippen molar-refractivity contribution in [3.05, 3.63) is 53.8 Å². The number of rotatable bonds is 3. The minimum absolute atomic E-state index is 0.0887. The molecular formula is C15H14FNO2. The van der Waals surface area contributed by atoms with Crippen molar-refractivity contribution in [3.8, 4) is 11.1 Å². The number of amides is 1. The Morgan fingerprint density at radius 2 is 1.89 bits per heavy atom. The number of aliphatic hydroxyl groups excluding tert-OH is 1. The van der Waals surface area contributed by atoms with E-state index >= 15 is 0 Å². The van der Waals surface area contributed by atoms with E-state index in [1.165, 1.54) is 19.1 Å². The first kappa shape index (κ1) is 13.2. The minimum Gasteiger partial charge on any atom is -0.392 e. The first-order chi connectivity index (χ1) is 9.10. The van der Waals surface area contributed by atoms with Gasteiger partial charge in [-0.25, -0.2) is 4.39 Å². The van der Waals surface area contributed by atoms with E-state index in [1.807, 2.05) is 0 Å². The van der Waals surface area contributed by atoms with Crippen molar-refractivity contribution in [2.24, 2.45) is 0 Å². The fourth-order valence-corrected chi connectivity index (χ4v) is 1.86. The molecule has 0 bridgehead atoms. The van der Waals surface area contributed by atoms with Crippen LogP contribution in [0.5, 0.6) is 0 Å². The van der Waals surface area contributed by atoms with Gasteiger partial charge in [0.15, 0.2) is 0 Å². The molecule has 0 aromatic heterocycles. The standard InChI is InChI=1S/C15H14FNO2/c1-10(19)17-15-7-2-11(9-18)8-14(15)12-3-5-13(16)6-4-12/h2-8,18H,9H2,1H3,(H,17,19). The average Bonchev–Trinajstić information content (AvgIpc) is 2.40. The summed E-state index contributed by atoms with van der Waals surface area (Å²) in [6.07, 6.45) is 0. The lowest BCUT2D eigenvalue weighted by atomic mass is 10.0. The SMILES string of the molecule is CC(=O)Nc1ccc(CO)cc1-c1ccc(F)cc1. The van der Waals surface area contributed by atoms with Gasteiger partial charge in [0.25, 0.3) is 0 Å². The number of anilines is 1. The molecule has 98 valence electrons. The third-order valence-electron chi connectivity index (χ3n) is 2.73. The van der Waals surface area contributed by atoms with E-state index in [4.69, 9.17) is 0 Å². The maximum atomic E-state index is 12.9. The molecule has 0 spiro atoms.